The molecule has 0 aromatic carbocycles. The SMILES string of the molecule is Cc1c(F)c(C(F)F)c[nH]c1=O. The van der Waals surface area contributed by atoms with Gasteiger partial charge >= 0.3 is 0 Å². The van der Waals surface area contributed by atoms with Crippen LogP contribution in [0.15, 0.2) is 11.0 Å². The van der Waals surface area contributed by atoms with Crippen LogP contribution in [0.4, 0.5) is 13.2 Å². The Morgan fingerprint density at radius 1 is 1.50 bits per heavy atom. The summed E-state index contributed by atoms with van der Waals surface area (Å²) in [6, 6.07) is 0. The van der Waals surface area contributed by atoms with E-state index < -0.39 is 23.4 Å². The first-order valence-electron chi connectivity index (χ1n) is 3.20. The van der Waals surface area contributed by atoms with Gasteiger partial charge < -0.3 is 4.98 Å². The second-order valence-corrected chi connectivity index (χ2v) is 2.31. The molecule has 0 radical (unpaired) electrons. The van der Waals surface area contributed by atoms with Crippen LogP contribution >= 0.6 is 0 Å². The smallest absolute Gasteiger partial charge is 0.268 e. The molecule has 2 nitrogen and oxygen atoms in total. The fraction of sp³-hybridized carbons (Fsp3) is 0.286. The average Bonchev–Trinajstić information content (AvgIpc) is 2.00. The van der Waals surface area contributed by atoms with Gasteiger partial charge in [0.15, 0.2) is 0 Å². The summed E-state index contributed by atoms with van der Waals surface area (Å²) < 4.78 is 36.8. The third-order valence-electron chi connectivity index (χ3n) is 1.52. The van der Waals surface area contributed by atoms with Crippen LogP contribution < -0.4 is 5.56 Å². The molecule has 0 aliphatic heterocycles. The molecule has 0 unspecified atom stereocenters. The predicted octanol–water partition coefficient (Wildman–Crippen LogP) is 1.76. The molecule has 0 amide bonds. The standard InChI is InChI=1S/C7H6F3NO/c1-3-5(8)4(6(9)10)2-11-7(3)12/h2,6H,1H3,(H,11,12). The minimum atomic E-state index is -2.90. The number of alkyl halides is 2. The van der Waals surface area contributed by atoms with E-state index in [0.29, 0.717) is 6.20 Å². The van der Waals surface area contributed by atoms with Gasteiger partial charge in [-0.3, -0.25) is 4.79 Å². The molecular weight excluding hydrogens is 171 g/mol. The molecule has 0 spiro atoms. The molecule has 5 heteroatoms. The zero-order valence-electron chi connectivity index (χ0n) is 6.20. The van der Waals surface area contributed by atoms with Gasteiger partial charge in [0.25, 0.3) is 12.0 Å². The summed E-state index contributed by atoms with van der Waals surface area (Å²) in [5, 5.41) is 0. The Bertz CT molecular complexity index is 345. The van der Waals surface area contributed by atoms with Gasteiger partial charge in [-0.05, 0) is 6.92 Å². The highest BCUT2D eigenvalue weighted by Gasteiger charge is 2.16. The molecule has 66 valence electrons. The Morgan fingerprint density at radius 3 is 2.58 bits per heavy atom. The minimum Gasteiger partial charge on any atom is -0.328 e. The molecule has 1 aromatic rings. The number of halogens is 3. The van der Waals surface area contributed by atoms with Crippen LogP contribution in [-0.2, 0) is 0 Å². The average molecular weight is 177 g/mol. The summed E-state index contributed by atoms with van der Waals surface area (Å²) in [7, 11) is 0. The van der Waals surface area contributed by atoms with Crippen molar-refractivity contribution in [2.24, 2.45) is 0 Å². The Morgan fingerprint density at radius 2 is 2.08 bits per heavy atom. The van der Waals surface area contributed by atoms with E-state index in [1.165, 1.54) is 0 Å². The van der Waals surface area contributed by atoms with Gasteiger partial charge in [-0.1, -0.05) is 0 Å². The van der Waals surface area contributed by atoms with Crippen molar-refractivity contribution in [3.8, 4) is 0 Å². The molecule has 0 atom stereocenters. The van der Waals surface area contributed by atoms with Gasteiger partial charge in [0.2, 0.25) is 0 Å². The maximum atomic E-state index is 12.8. The van der Waals surface area contributed by atoms with Crippen LogP contribution in [0.3, 0.4) is 0 Å². The van der Waals surface area contributed by atoms with Gasteiger partial charge in [-0.25, -0.2) is 13.2 Å². The Labute approximate surface area is 66.0 Å². The van der Waals surface area contributed by atoms with Crippen molar-refractivity contribution in [3.05, 3.63) is 33.5 Å². The van der Waals surface area contributed by atoms with Crippen molar-refractivity contribution in [1.29, 1.82) is 0 Å². The van der Waals surface area contributed by atoms with Gasteiger partial charge in [0.05, 0.1) is 11.1 Å². The zero-order chi connectivity index (χ0) is 9.30. The molecule has 12 heavy (non-hydrogen) atoms. The number of aromatic amines is 1. The lowest BCUT2D eigenvalue weighted by atomic mass is 10.2. The number of hydrogen-bond donors (Lipinski definition) is 1. The molecule has 1 rings (SSSR count). The van der Waals surface area contributed by atoms with Crippen molar-refractivity contribution < 1.29 is 13.2 Å². The van der Waals surface area contributed by atoms with Crippen molar-refractivity contribution in [1.82, 2.24) is 4.98 Å². The second-order valence-electron chi connectivity index (χ2n) is 2.31. The van der Waals surface area contributed by atoms with Crippen LogP contribution in [-0.4, -0.2) is 4.98 Å². The van der Waals surface area contributed by atoms with E-state index in [1.807, 2.05) is 4.98 Å². The zero-order valence-corrected chi connectivity index (χ0v) is 6.20. The highest BCUT2D eigenvalue weighted by Crippen LogP contribution is 2.20. The van der Waals surface area contributed by atoms with E-state index >= 15 is 0 Å². The third kappa shape index (κ3) is 1.34. The van der Waals surface area contributed by atoms with Crippen LogP contribution in [0.1, 0.15) is 17.6 Å². The van der Waals surface area contributed by atoms with Gasteiger partial charge in [-0.15, -0.1) is 0 Å². The molecule has 1 heterocycles. The van der Waals surface area contributed by atoms with E-state index in [1.54, 1.807) is 0 Å². The summed E-state index contributed by atoms with van der Waals surface area (Å²) in [6.07, 6.45) is -2.21. The largest absolute Gasteiger partial charge is 0.328 e. The molecule has 0 aliphatic carbocycles. The topological polar surface area (TPSA) is 32.9 Å². The van der Waals surface area contributed by atoms with E-state index in [2.05, 4.69) is 0 Å². The molecular formula is C7H6F3NO. The first-order chi connectivity index (χ1) is 5.54. The Balaban J connectivity index is 3.36. The molecule has 0 bridgehead atoms. The number of rotatable bonds is 1. The monoisotopic (exact) mass is 177 g/mol. The van der Waals surface area contributed by atoms with E-state index in [0.717, 1.165) is 6.92 Å². The van der Waals surface area contributed by atoms with Crippen LogP contribution in [0.25, 0.3) is 0 Å². The van der Waals surface area contributed by atoms with Crippen LogP contribution in [0.2, 0.25) is 0 Å². The number of H-pyrrole nitrogens is 1. The molecule has 0 saturated carbocycles. The van der Waals surface area contributed by atoms with Crippen molar-refractivity contribution in [2.75, 3.05) is 0 Å². The molecule has 0 aliphatic rings. The van der Waals surface area contributed by atoms with Crippen molar-refractivity contribution >= 4 is 0 Å². The Hall–Kier alpha value is -1.26. The van der Waals surface area contributed by atoms with Gasteiger partial charge in [0.1, 0.15) is 5.82 Å². The van der Waals surface area contributed by atoms with Crippen molar-refractivity contribution in [2.45, 2.75) is 13.3 Å². The number of pyridine rings is 1. The third-order valence-corrected chi connectivity index (χ3v) is 1.52. The summed E-state index contributed by atoms with van der Waals surface area (Å²) >= 11 is 0. The second kappa shape index (κ2) is 3.00. The van der Waals surface area contributed by atoms with Crippen LogP contribution in [0, 0.1) is 12.7 Å². The molecule has 1 aromatic heterocycles. The van der Waals surface area contributed by atoms with Crippen LogP contribution in [0.5, 0.6) is 0 Å². The van der Waals surface area contributed by atoms with E-state index in [9.17, 15) is 18.0 Å². The first kappa shape index (κ1) is 8.83. The Kier molecular flexibility index (Phi) is 2.21. The molecule has 0 saturated heterocycles. The van der Waals surface area contributed by atoms with Gasteiger partial charge in [0, 0.05) is 6.20 Å². The van der Waals surface area contributed by atoms with Crippen molar-refractivity contribution in [3.63, 3.8) is 0 Å². The number of hydrogen-bond acceptors (Lipinski definition) is 1. The lowest BCUT2D eigenvalue weighted by Gasteiger charge is -2.01. The van der Waals surface area contributed by atoms with Gasteiger partial charge in [-0.2, -0.15) is 0 Å². The number of nitrogens with one attached hydrogen (secondary N) is 1. The fourth-order valence-electron chi connectivity index (χ4n) is 0.790. The van der Waals surface area contributed by atoms with E-state index in [4.69, 9.17) is 0 Å². The highest BCUT2D eigenvalue weighted by atomic mass is 19.3. The summed E-state index contributed by atoms with van der Waals surface area (Å²) in [5.41, 5.74) is -1.77. The lowest BCUT2D eigenvalue weighted by Crippen LogP contribution is -2.13. The normalized spacial score (nSPS) is 10.8. The number of aromatic nitrogens is 1. The predicted molar refractivity (Wildman–Crippen MR) is 36.7 cm³/mol. The first-order valence-corrected chi connectivity index (χ1v) is 3.20. The van der Waals surface area contributed by atoms with E-state index in [-0.39, 0.29) is 5.56 Å². The fourth-order valence-corrected chi connectivity index (χ4v) is 0.790. The summed E-state index contributed by atoms with van der Waals surface area (Å²) in [6.45, 7) is 1.15. The highest BCUT2D eigenvalue weighted by molar-refractivity contribution is 5.20. The lowest BCUT2D eigenvalue weighted by molar-refractivity contribution is 0.145. The summed E-state index contributed by atoms with van der Waals surface area (Å²) in [5.74, 6) is -1.13. The maximum absolute atomic E-state index is 12.8. The minimum absolute atomic E-state index is 0.312. The maximum Gasteiger partial charge on any atom is 0.268 e. The molecule has 0 fully saturated rings. The quantitative estimate of drug-likeness (QED) is 0.696. The summed E-state index contributed by atoms with van der Waals surface area (Å²) in [4.78, 5) is 12.7. The molecule has 1 N–H and O–H groups in total.